The van der Waals surface area contributed by atoms with Crippen LogP contribution in [0.4, 0.5) is 4.39 Å². The first-order chi connectivity index (χ1) is 8.52. The van der Waals surface area contributed by atoms with E-state index in [1.807, 2.05) is 0 Å². The Kier molecular flexibility index (Phi) is 3.38. The molecule has 1 N–H and O–H groups in total. The van der Waals surface area contributed by atoms with Gasteiger partial charge in [0, 0.05) is 12.5 Å². The molecule has 0 saturated carbocycles. The second kappa shape index (κ2) is 4.81. The smallest absolute Gasteiger partial charge is 0.377 e. The van der Waals surface area contributed by atoms with E-state index >= 15 is 0 Å². The molecule has 7 heteroatoms. The second-order valence-corrected chi connectivity index (χ2v) is 3.97. The molecule has 0 amide bonds. The summed E-state index contributed by atoms with van der Waals surface area (Å²) in [6, 6.07) is 1.16. The molecule has 0 fully saturated rings. The van der Waals surface area contributed by atoms with Crippen LogP contribution in [-0.4, -0.2) is 30.1 Å². The minimum Gasteiger partial charge on any atom is -0.489 e. The van der Waals surface area contributed by atoms with Crippen LogP contribution in [0.3, 0.4) is 0 Å². The average molecular weight is 275 g/mol. The van der Waals surface area contributed by atoms with Crippen LogP contribution in [0.15, 0.2) is 6.07 Å². The number of rotatable bonds is 2. The molecule has 2 rings (SSSR count). The van der Waals surface area contributed by atoms with Crippen LogP contribution in [0.1, 0.15) is 16.8 Å². The predicted octanol–water partition coefficient (Wildman–Crippen LogP) is 1.91. The van der Waals surface area contributed by atoms with Crippen molar-refractivity contribution in [2.45, 2.75) is 6.42 Å². The van der Waals surface area contributed by atoms with E-state index in [1.54, 1.807) is 0 Å². The van der Waals surface area contributed by atoms with Gasteiger partial charge in [0.2, 0.25) is 0 Å². The lowest BCUT2D eigenvalue weighted by Gasteiger charge is -2.12. The molecule has 0 atom stereocenters. The van der Waals surface area contributed by atoms with E-state index in [4.69, 9.17) is 26.2 Å². The van der Waals surface area contributed by atoms with Gasteiger partial charge >= 0.3 is 5.97 Å². The van der Waals surface area contributed by atoms with Gasteiger partial charge in [-0.15, -0.1) is 0 Å². The molecule has 18 heavy (non-hydrogen) atoms. The number of fused-ring (bicyclic) bond motifs is 1. The van der Waals surface area contributed by atoms with Crippen molar-refractivity contribution in [3.05, 3.63) is 22.5 Å². The lowest BCUT2D eigenvalue weighted by Crippen LogP contribution is -2.16. The van der Waals surface area contributed by atoms with Crippen LogP contribution in [0, 0.1) is 5.82 Å². The van der Waals surface area contributed by atoms with Gasteiger partial charge in [0.15, 0.2) is 17.3 Å². The van der Waals surface area contributed by atoms with Crippen LogP contribution >= 0.6 is 11.6 Å². The molecule has 0 saturated heterocycles. The van der Waals surface area contributed by atoms with Crippen molar-refractivity contribution in [1.29, 1.82) is 0 Å². The summed E-state index contributed by atoms with van der Waals surface area (Å²) >= 11 is 5.60. The number of benzene rings is 1. The zero-order valence-electron chi connectivity index (χ0n) is 9.03. The van der Waals surface area contributed by atoms with Crippen LogP contribution in [-0.2, 0) is 4.79 Å². The topological polar surface area (TPSA) is 72.8 Å². The number of ketones is 1. The number of carboxylic acid groups (broad SMARTS) is 1. The molecular weight excluding hydrogens is 267 g/mol. The quantitative estimate of drug-likeness (QED) is 0.659. The molecule has 0 unspecified atom stereocenters. The maximum absolute atomic E-state index is 13.8. The Labute approximate surface area is 106 Å². The maximum atomic E-state index is 13.8. The van der Waals surface area contributed by atoms with Crippen LogP contribution < -0.4 is 9.47 Å². The number of aliphatic carboxylic acids is 1. The van der Waals surface area contributed by atoms with Gasteiger partial charge in [0.1, 0.15) is 5.56 Å². The summed E-state index contributed by atoms with van der Waals surface area (Å²) < 4.78 is 24.2. The summed E-state index contributed by atoms with van der Waals surface area (Å²) in [7, 11) is 0. The molecule has 1 aromatic carbocycles. The summed E-state index contributed by atoms with van der Waals surface area (Å²) in [5.74, 6) is -4.46. The first-order valence-electron chi connectivity index (χ1n) is 5.07. The fourth-order valence-corrected chi connectivity index (χ4v) is 1.76. The van der Waals surface area contributed by atoms with E-state index in [0.717, 1.165) is 6.07 Å². The Morgan fingerprint density at radius 2 is 2.00 bits per heavy atom. The van der Waals surface area contributed by atoms with Gasteiger partial charge in [-0.1, -0.05) is 11.6 Å². The van der Waals surface area contributed by atoms with E-state index in [2.05, 4.69) is 0 Å². The van der Waals surface area contributed by atoms with Gasteiger partial charge in [-0.2, -0.15) is 0 Å². The number of hydrogen-bond donors (Lipinski definition) is 1. The van der Waals surface area contributed by atoms with E-state index < -0.39 is 23.1 Å². The van der Waals surface area contributed by atoms with E-state index in [-0.39, 0.29) is 23.1 Å². The monoisotopic (exact) mass is 274 g/mol. The number of carbonyl (C=O) groups excluding carboxylic acids is 1. The summed E-state index contributed by atoms with van der Waals surface area (Å²) in [5, 5.41) is 8.28. The third kappa shape index (κ3) is 2.11. The molecule has 0 radical (unpaired) electrons. The van der Waals surface area contributed by atoms with Gasteiger partial charge in [-0.3, -0.25) is 4.79 Å². The molecule has 0 spiro atoms. The van der Waals surface area contributed by atoms with Crippen molar-refractivity contribution in [2.24, 2.45) is 0 Å². The molecule has 5 nitrogen and oxygen atoms in total. The number of carboxylic acids is 1. The highest BCUT2D eigenvalue weighted by atomic mass is 35.5. The molecule has 0 aliphatic carbocycles. The molecule has 1 aliphatic rings. The number of Topliss-reactive ketones (excluding diaryl/α,β-unsaturated/α-hetero) is 1. The van der Waals surface area contributed by atoms with Crippen molar-refractivity contribution in [3.63, 3.8) is 0 Å². The van der Waals surface area contributed by atoms with E-state index in [1.165, 1.54) is 0 Å². The zero-order valence-corrected chi connectivity index (χ0v) is 9.79. The Morgan fingerprint density at radius 1 is 1.33 bits per heavy atom. The van der Waals surface area contributed by atoms with Crippen LogP contribution in [0.2, 0.25) is 5.02 Å². The molecule has 0 aromatic heterocycles. The SMILES string of the molecule is O=C(O)C(=O)c1c(F)c(Cl)cc2c1OCCCO2. The fourth-order valence-electron chi connectivity index (χ4n) is 1.56. The van der Waals surface area contributed by atoms with E-state index in [0.29, 0.717) is 13.0 Å². The number of hydrogen-bond acceptors (Lipinski definition) is 4. The Balaban J connectivity index is 2.65. The molecule has 0 bridgehead atoms. The first-order valence-corrected chi connectivity index (χ1v) is 5.45. The van der Waals surface area contributed by atoms with Gasteiger partial charge in [-0.25, -0.2) is 9.18 Å². The second-order valence-electron chi connectivity index (χ2n) is 3.56. The lowest BCUT2D eigenvalue weighted by molar-refractivity contribution is -0.131. The van der Waals surface area contributed by atoms with Crippen LogP contribution in [0.5, 0.6) is 11.5 Å². The zero-order chi connectivity index (χ0) is 13.3. The predicted molar refractivity (Wildman–Crippen MR) is 59.0 cm³/mol. The highest BCUT2D eigenvalue weighted by molar-refractivity contribution is 6.41. The van der Waals surface area contributed by atoms with Crippen molar-refractivity contribution in [1.82, 2.24) is 0 Å². The summed E-state index contributed by atoms with van der Waals surface area (Å²) in [6.45, 7) is 0.517. The van der Waals surface area contributed by atoms with Gasteiger partial charge < -0.3 is 14.6 Å². The van der Waals surface area contributed by atoms with Crippen molar-refractivity contribution in [3.8, 4) is 11.5 Å². The summed E-state index contributed by atoms with van der Waals surface area (Å²) in [5.41, 5.74) is -0.702. The maximum Gasteiger partial charge on any atom is 0.377 e. The fraction of sp³-hybridized carbons (Fsp3) is 0.273. The minimum atomic E-state index is -1.79. The molecule has 96 valence electrons. The van der Waals surface area contributed by atoms with Gasteiger partial charge in [-0.05, 0) is 0 Å². The third-order valence-electron chi connectivity index (χ3n) is 2.35. The first kappa shape index (κ1) is 12.6. The average Bonchev–Trinajstić information content (AvgIpc) is 2.55. The highest BCUT2D eigenvalue weighted by Crippen LogP contribution is 2.39. The van der Waals surface area contributed by atoms with Crippen molar-refractivity contribution < 1.29 is 28.6 Å². The van der Waals surface area contributed by atoms with Crippen LogP contribution in [0.25, 0.3) is 0 Å². The molecular formula is C11H8ClFO5. The summed E-state index contributed by atoms with van der Waals surface area (Å²) in [6.07, 6.45) is 0.536. The number of halogens is 2. The molecule has 1 aromatic rings. The number of carbonyl (C=O) groups is 2. The van der Waals surface area contributed by atoms with Crippen molar-refractivity contribution >= 4 is 23.4 Å². The van der Waals surface area contributed by atoms with E-state index in [9.17, 15) is 14.0 Å². The largest absolute Gasteiger partial charge is 0.489 e. The minimum absolute atomic E-state index is 0.0727. The summed E-state index contributed by atoms with van der Waals surface area (Å²) in [4.78, 5) is 22.1. The Hall–Kier alpha value is -1.82. The number of ether oxygens (including phenoxy) is 2. The molecule has 1 aliphatic heterocycles. The molecule has 1 heterocycles. The Morgan fingerprint density at radius 3 is 2.67 bits per heavy atom. The third-order valence-corrected chi connectivity index (χ3v) is 2.63. The van der Waals surface area contributed by atoms with Crippen molar-refractivity contribution in [2.75, 3.05) is 13.2 Å². The lowest BCUT2D eigenvalue weighted by atomic mass is 10.1. The highest BCUT2D eigenvalue weighted by Gasteiger charge is 2.30. The van der Waals surface area contributed by atoms with Gasteiger partial charge in [0.05, 0.1) is 18.2 Å². The standard InChI is InChI=1S/C11H8ClFO5/c12-5-4-6-10(18-3-1-2-17-6)7(8(5)13)9(14)11(15)16/h4H,1-3H2,(H,15,16). The van der Waals surface area contributed by atoms with Gasteiger partial charge in [0.25, 0.3) is 5.78 Å². The normalized spacial score (nSPS) is 13.9. The Bertz CT molecular complexity index is 529.